The summed E-state index contributed by atoms with van der Waals surface area (Å²) in [6.07, 6.45) is 0.680. The smallest absolute Gasteiger partial charge is 0.309 e. The normalized spacial score (nSPS) is 19.6. The molecule has 1 unspecified atom stereocenters. The summed E-state index contributed by atoms with van der Waals surface area (Å²) in [5.74, 6) is 1.56. The summed E-state index contributed by atoms with van der Waals surface area (Å²) in [5, 5.41) is -0.110. The van der Waals surface area contributed by atoms with E-state index in [-0.39, 0.29) is 29.6 Å². The Morgan fingerprint density at radius 2 is 2.11 bits per heavy atom. The lowest BCUT2D eigenvalue weighted by Gasteiger charge is -2.22. The second-order valence-corrected chi connectivity index (χ2v) is 4.61. The Balaban J connectivity index is 2.51. The van der Waals surface area contributed by atoms with E-state index in [0.717, 1.165) is 11.0 Å². The van der Waals surface area contributed by atoms with E-state index in [1.165, 1.54) is 12.1 Å². The molecule has 1 saturated heterocycles. The first kappa shape index (κ1) is 13.8. The van der Waals surface area contributed by atoms with E-state index >= 15 is 0 Å². The number of carbonyl (C=O) groups is 1. The van der Waals surface area contributed by atoms with Crippen molar-refractivity contribution in [2.24, 2.45) is 5.92 Å². The van der Waals surface area contributed by atoms with Crippen LogP contribution in [0.5, 0.6) is 0 Å². The minimum Gasteiger partial charge on any atom is -0.309 e. The van der Waals surface area contributed by atoms with Crippen LogP contribution in [-0.4, -0.2) is 12.5 Å². The summed E-state index contributed by atoms with van der Waals surface area (Å²) < 4.78 is 38.9. The number of halogens is 4. The van der Waals surface area contributed by atoms with Gasteiger partial charge in [-0.25, -0.2) is 0 Å². The predicted octanol–water partition coefficient (Wildman–Crippen LogP) is 3.34. The SMILES string of the molecule is C#CC1CC(=O)N(c2c(Cl)cccc2C(F)(F)F)C1. The van der Waals surface area contributed by atoms with Crippen molar-refractivity contribution in [2.45, 2.75) is 12.6 Å². The quantitative estimate of drug-likeness (QED) is 0.726. The van der Waals surface area contributed by atoms with E-state index < -0.39 is 17.6 Å². The minimum atomic E-state index is -4.57. The van der Waals surface area contributed by atoms with Gasteiger partial charge in [0.1, 0.15) is 0 Å². The van der Waals surface area contributed by atoms with Crippen molar-refractivity contribution in [1.29, 1.82) is 0 Å². The average Bonchev–Trinajstić information content (AvgIpc) is 2.69. The van der Waals surface area contributed by atoms with E-state index in [9.17, 15) is 18.0 Å². The van der Waals surface area contributed by atoms with Crippen molar-refractivity contribution in [1.82, 2.24) is 0 Å². The van der Waals surface area contributed by atoms with Crippen molar-refractivity contribution >= 4 is 23.2 Å². The van der Waals surface area contributed by atoms with Crippen LogP contribution < -0.4 is 4.90 Å². The Kier molecular flexibility index (Phi) is 3.46. The van der Waals surface area contributed by atoms with Gasteiger partial charge >= 0.3 is 6.18 Å². The number of amides is 1. The van der Waals surface area contributed by atoms with Gasteiger partial charge in [0, 0.05) is 18.9 Å². The molecule has 1 aliphatic rings. The molecule has 0 radical (unpaired) electrons. The van der Waals surface area contributed by atoms with Gasteiger partial charge in [-0.15, -0.1) is 12.3 Å². The Morgan fingerprint density at radius 3 is 2.63 bits per heavy atom. The number of terminal acetylenes is 1. The summed E-state index contributed by atoms with van der Waals surface area (Å²) in [5.41, 5.74) is -1.23. The number of alkyl halides is 3. The topological polar surface area (TPSA) is 20.3 Å². The van der Waals surface area contributed by atoms with Crippen LogP contribution in [0, 0.1) is 18.3 Å². The van der Waals surface area contributed by atoms with E-state index in [4.69, 9.17) is 18.0 Å². The lowest BCUT2D eigenvalue weighted by Crippen LogP contribution is -2.27. The zero-order valence-electron chi connectivity index (χ0n) is 9.67. The van der Waals surface area contributed by atoms with Crippen LogP contribution in [0.25, 0.3) is 0 Å². The molecule has 0 N–H and O–H groups in total. The Hall–Kier alpha value is -1.67. The second kappa shape index (κ2) is 4.78. The predicted molar refractivity (Wildman–Crippen MR) is 65.7 cm³/mol. The Morgan fingerprint density at radius 1 is 1.42 bits per heavy atom. The maximum atomic E-state index is 13.0. The first-order chi connectivity index (χ1) is 8.84. The van der Waals surface area contributed by atoms with E-state index in [1.807, 2.05) is 0 Å². The number of hydrogen-bond donors (Lipinski definition) is 0. The van der Waals surface area contributed by atoms with Gasteiger partial charge < -0.3 is 4.90 Å². The molecule has 2 rings (SSSR count). The zero-order valence-corrected chi connectivity index (χ0v) is 10.4. The molecule has 100 valence electrons. The third-order valence-electron chi connectivity index (χ3n) is 2.92. The number of rotatable bonds is 1. The summed E-state index contributed by atoms with van der Waals surface area (Å²) in [4.78, 5) is 12.8. The first-order valence-electron chi connectivity index (χ1n) is 5.46. The minimum absolute atomic E-state index is 0.0407. The number of anilines is 1. The van der Waals surface area contributed by atoms with E-state index in [0.29, 0.717) is 0 Å². The number of carbonyl (C=O) groups excluding carboxylic acids is 1. The molecule has 1 heterocycles. The molecular weight excluding hydrogens is 279 g/mol. The molecule has 0 saturated carbocycles. The molecule has 1 amide bonds. The summed E-state index contributed by atoms with van der Waals surface area (Å²) in [6, 6.07) is 3.42. The molecule has 2 nitrogen and oxygen atoms in total. The van der Waals surface area contributed by atoms with Gasteiger partial charge in [-0.1, -0.05) is 17.7 Å². The standard InChI is InChI=1S/C13H9ClF3NO/c1-2-8-6-11(19)18(7-8)12-9(13(15,16)17)4-3-5-10(12)14/h1,3-5,8H,6-7H2. The second-order valence-electron chi connectivity index (χ2n) is 4.21. The highest BCUT2D eigenvalue weighted by Crippen LogP contribution is 2.42. The van der Waals surface area contributed by atoms with Crippen LogP contribution in [0.15, 0.2) is 18.2 Å². The lowest BCUT2D eigenvalue weighted by molar-refractivity contribution is -0.137. The van der Waals surface area contributed by atoms with Crippen molar-refractivity contribution < 1.29 is 18.0 Å². The number of nitrogens with zero attached hydrogens (tertiary/aromatic N) is 1. The van der Waals surface area contributed by atoms with Crippen LogP contribution >= 0.6 is 11.6 Å². The number of para-hydroxylation sites is 1. The highest BCUT2D eigenvalue weighted by atomic mass is 35.5. The highest BCUT2D eigenvalue weighted by molar-refractivity contribution is 6.34. The Labute approximate surface area is 113 Å². The number of benzene rings is 1. The third kappa shape index (κ3) is 2.54. The molecule has 0 aliphatic carbocycles. The van der Waals surface area contributed by atoms with E-state index in [1.54, 1.807) is 0 Å². The molecule has 6 heteroatoms. The summed E-state index contributed by atoms with van der Waals surface area (Å²) >= 11 is 5.83. The Bertz CT molecular complexity index is 562. The van der Waals surface area contributed by atoms with Crippen LogP contribution in [0.2, 0.25) is 5.02 Å². The van der Waals surface area contributed by atoms with Gasteiger partial charge in [-0.05, 0) is 12.1 Å². The van der Waals surface area contributed by atoms with Crippen molar-refractivity contribution in [3.63, 3.8) is 0 Å². The molecular formula is C13H9ClF3NO. The molecule has 1 fully saturated rings. The van der Waals surface area contributed by atoms with Crippen molar-refractivity contribution in [3.8, 4) is 12.3 Å². The molecule has 1 atom stereocenters. The molecule has 1 aromatic carbocycles. The van der Waals surface area contributed by atoms with Crippen LogP contribution in [-0.2, 0) is 11.0 Å². The molecule has 0 spiro atoms. The average molecular weight is 288 g/mol. The van der Waals surface area contributed by atoms with Gasteiger partial charge in [-0.3, -0.25) is 4.79 Å². The largest absolute Gasteiger partial charge is 0.418 e. The highest BCUT2D eigenvalue weighted by Gasteiger charge is 2.39. The first-order valence-corrected chi connectivity index (χ1v) is 5.84. The van der Waals surface area contributed by atoms with Gasteiger partial charge in [0.15, 0.2) is 0 Å². The van der Waals surface area contributed by atoms with Crippen LogP contribution in [0.1, 0.15) is 12.0 Å². The van der Waals surface area contributed by atoms with Crippen LogP contribution in [0.4, 0.5) is 18.9 Å². The fourth-order valence-electron chi connectivity index (χ4n) is 2.05. The van der Waals surface area contributed by atoms with Gasteiger partial charge in [0.05, 0.1) is 16.3 Å². The molecule has 0 aromatic heterocycles. The van der Waals surface area contributed by atoms with Gasteiger partial charge in [-0.2, -0.15) is 13.2 Å². The lowest BCUT2D eigenvalue weighted by atomic mass is 10.1. The van der Waals surface area contributed by atoms with Crippen molar-refractivity contribution in [3.05, 3.63) is 28.8 Å². The maximum absolute atomic E-state index is 13.0. The maximum Gasteiger partial charge on any atom is 0.418 e. The van der Waals surface area contributed by atoms with Gasteiger partial charge in [0.25, 0.3) is 0 Å². The fourth-order valence-corrected chi connectivity index (χ4v) is 2.33. The molecule has 19 heavy (non-hydrogen) atoms. The van der Waals surface area contributed by atoms with E-state index in [2.05, 4.69) is 5.92 Å². The third-order valence-corrected chi connectivity index (χ3v) is 3.23. The van der Waals surface area contributed by atoms with Crippen molar-refractivity contribution in [2.75, 3.05) is 11.4 Å². The number of hydrogen-bond acceptors (Lipinski definition) is 1. The monoisotopic (exact) mass is 287 g/mol. The fraction of sp³-hybridized carbons (Fsp3) is 0.308. The summed E-state index contributed by atoms with van der Waals surface area (Å²) in [6.45, 7) is 0.0577. The summed E-state index contributed by atoms with van der Waals surface area (Å²) in [7, 11) is 0. The van der Waals surface area contributed by atoms with Crippen LogP contribution in [0.3, 0.4) is 0 Å². The molecule has 1 aliphatic heterocycles. The molecule has 1 aromatic rings. The zero-order chi connectivity index (χ0) is 14.2. The molecule has 0 bridgehead atoms. The van der Waals surface area contributed by atoms with Gasteiger partial charge in [0.2, 0.25) is 5.91 Å².